The van der Waals surface area contributed by atoms with Crippen molar-refractivity contribution in [2.24, 2.45) is 0 Å². The summed E-state index contributed by atoms with van der Waals surface area (Å²) in [6.45, 7) is 3.80. The van der Waals surface area contributed by atoms with Gasteiger partial charge in [0.15, 0.2) is 0 Å². The van der Waals surface area contributed by atoms with Crippen molar-refractivity contribution in [3.8, 4) is 0 Å². The molecule has 3 rings (SSSR count). The van der Waals surface area contributed by atoms with Gasteiger partial charge in [-0.2, -0.15) is 0 Å². The molecule has 0 aliphatic carbocycles. The largest absolute Gasteiger partial charge is 0.369 e. The molecule has 1 heterocycles. The lowest BCUT2D eigenvalue weighted by Crippen LogP contribution is -2.39. The molecule has 1 unspecified atom stereocenters. The number of anilines is 2. The molecule has 6 heteroatoms. The van der Waals surface area contributed by atoms with Crippen molar-refractivity contribution in [1.82, 2.24) is 5.32 Å². The Hall–Kier alpha value is -1.91. The van der Waals surface area contributed by atoms with E-state index in [0.29, 0.717) is 15.7 Å². The Balaban J connectivity index is 1.57. The maximum absolute atomic E-state index is 12.2. The van der Waals surface area contributed by atoms with Crippen LogP contribution in [0.4, 0.5) is 16.2 Å². The number of hydrogen-bond acceptors (Lipinski definition) is 2. The lowest BCUT2D eigenvalue weighted by molar-refractivity contribution is 0.249. The van der Waals surface area contributed by atoms with E-state index < -0.39 is 0 Å². The third kappa shape index (κ3) is 3.94. The van der Waals surface area contributed by atoms with Crippen LogP contribution in [0.2, 0.25) is 10.0 Å². The van der Waals surface area contributed by atoms with E-state index >= 15 is 0 Å². The van der Waals surface area contributed by atoms with Gasteiger partial charge in [-0.15, -0.1) is 0 Å². The SMILES string of the molecule is Cc1cccc(N2CCC(NC(=O)Nc3cccc(Cl)c3Cl)C2)c1. The highest BCUT2D eigenvalue weighted by atomic mass is 35.5. The van der Waals surface area contributed by atoms with Crippen molar-refractivity contribution in [3.05, 3.63) is 58.1 Å². The zero-order valence-corrected chi connectivity index (χ0v) is 14.9. The van der Waals surface area contributed by atoms with Crippen molar-refractivity contribution in [1.29, 1.82) is 0 Å². The van der Waals surface area contributed by atoms with E-state index in [4.69, 9.17) is 23.2 Å². The van der Waals surface area contributed by atoms with Crippen molar-refractivity contribution >= 4 is 40.6 Å². The minimum Gasteiger partial charge on any atom is -0.369 e. The van der Waals surface area contributed by atoms with Crippen LogP contribution in [-0.2, 0) is 0 Å². The topological polar surface area (TPSA) is 44.4 Å². The van der Waals surface area contributed by atoms with Gasteiger partial charge in [0.1, 0.15) is 0 Å². The Labute approximate surface area is 151 Å². The van der Waals surface area contributed by atoms with Crippen molar-refractivity contribution in [3.63, 3.8) is 0 Å². The van der Waals surface area contributed by atoms with E-state index in [-0.39, 0.29) is 12.1 Å². The number of carbonyl (C=O) groups excluding carboxylic acids is 1. The Morgan fingerprint density at radius 1 is 1.21 bits per heavy atom. The van der Waals surface area contributed by atoms with Crippen LogP contribution in [-0.4, -0.2) is 25.2 Å². The molecule has 1 atom stereocenters. The summed E-state index contributed by atoms with van der Waals surface area (Å²) in [6, 6.07) is 13.4. The molecule has 0 bridgehead atoms. The van der Waals surface area contributed by atoms with E-state index in [1.165, 1.54) is 11.3 Å². The predicted octanol–water partition coefficient (Wildman–Crippen LogP) is 4.70. The Morgan fingerprint density at radius 2 is 2.00 bits per heavy atom. The van der Waals surface area contributed by atoms with Gasteiger partial charge in [0.05, 0.1) is 15.7 Å². The summed E-state index contributed by atoms with van der Waals surface area (Å²) >= 11 is 12.0. The van der Waals surface area contributed by atoms with E-state index in [2.05, 4.69) is 46.7 Å². The third-order valence-corrected chi connectivity index (χ3v) is 4.91. The molecular weight excluding hydrogens is 345 g/mol. The van der Waals surface area contributed by atoms with Crippen LogP contribution in [0.15, 0.2) is 42.5 Å². The predicted molar refractivity (Wildman–Crippen MR) is 100 cm³/mol. The van der Waals surface area contributed by atoms with Crippen LogP contribution < -0.4 is 15.5 Å². The average Bonchev–Trinajstić information content (AvgIpc) is 3.00. The monoisotopic (exact) mass is 363 g/mol. The molecule has 0 radical (unpaired) electrons. The second-order valence-electron chi connectivity index (χ2n) is 5.97. The second kappa shape index (κ2) is 7.32. The zero-order chi connectivity index (χ0) is 17.1. The van der Waals surface area contributed by atoms with Gasteiger partial charge in [-0.05, 0) is 43.2 Å². The number of rotatable bonds is 3. The number of urea groups is 1. The van der Waals surface area contributed by atoms with Crippen molar-refractivity contribution in [2.45, 2.75) is 19.4 Å². The van der Waals surface area contributed by atoms with Gasteiger partial charge < -0.3 is 15.5 Å². The number of aryl methyl sites for hydroxylation is 1. The fraction of sp³-hybridized carbons (Fsp3) is 0.278. The van der Waals surface area contributed by atoms with Crippen molar-refractivity contribution < 1.29 is 4.79 Å². The van der Waals surface area contributed by atoms with Gasteiger partial charge in [0.2, 0.25) is 0 Å². The van der Waals surface area contributed by atoms with Gasteiger partial charge in [-0.3, -0.25) is 0 Å². The van der Waals surface area contributed by atoms with Gasteiger partial charge >= 0.3 is 6.03 Å². The van der Waals surface area contributed by atoms with Gasteiger partial charge in [0, 0.05) is 24.8 Å². The molecular formula is C18H19Cl2N3O. The minimum absolute atomic E-state index is 0.100. The molecule has 0 aromatic heterocycles. The number of nitrogens with zero attached hydrogens (tertiary/aromatic N) is 1. The number of amides is 2. The molecule has 126 valence electrons. The first-order valence-corrected chi connectivity index (χ1v) is 8.61. The average molecular weight is 364 g/mol. The Morgan fingerprint density at radius 3 is 2.79 bits per heavy atom. The Kier molecular flexibility index (Phi) is 5.17. The summed E-state index contributed by atoms with van der Waals surface area (Å²) in [6.07, 6.45) is 0.907. The molecule has 2 aromatic carbocycles. The van der Waals surface area contributed by atoms with Gasteiger partial charge in [-0.1, -0.05) is 41.4 Å². The molecule has 1 aliphatic heterocycles. The van der Waals surface area contributed by atoms with Crippen LogP contribution in [0.3, 0.4) is 0 Å². The fourth-order valence-corrected chi connectivity index (χ4v) is 3.23. The summed E-state index contributed by atoms with van der Waals surface area (Å²) in [5.41, 5.74) is 2.94. The molecule has 4 nitrogen and oxygen atoms in total. The molecule has 0 spiro atoms. The second-order valence-corrected chi connectivity index (χ2v) is 6.76. The van der Waals surface area contributed by atoms with Crippen molar-refractivity contribution in [2.75, 3.05) is 23.3 Å². The number of nitrogens with one attached hydrogen (secondary N) is 2. The highest BCUT2D eigenvalue weighted by molar-refractivity contribution is 6.43. The van der Waals surface area contributed by atoms with E-state index in [0.717, 1.165) is 19.5 Å². The highest BCUT2D eigenvalue weighted by Gasteiger charge is 2.24. The third-order valence-electron chi connectivity index (χ3n) is 4.09. The molecule has 1 aliphatic rings. The zero-order valence-electron chi connectivity index (χ0n) is 13.4. The first-order valence-electron chi connectivity index (χ1n) is 7.86. The summed E-state index contributed by atoms with van der Waals surface area (Å²) in [4.78, 5) is 14.5. The van der Waals surface area contributed by atoms with Gasteiger partial charge in [-0.25, -0.2) is 4.79 Å². The summed E-state index contributed by atoms with van der Waals surface area (Å²) < 4.78 is 0. The number of halogens is 2. The van der Waals surface area contributed by atoms with E-state index in [1.807, 2.05) is 0 Å². The van der Waals surface area contributed by atoms with Crippen LogP contribution in [0.5, 0.6) is 0 Å². The molecule has 2 amide bonds. The minimum atomic E-state index is -0.268. The van der Waals surface area contributed by atoms with E-state index in [9.17, 15) is 4.79 Å². The van der Waals surface area contributed by atoms with Gasteiger partial charge in [0.25, 0.3) is 0 Å². The quantitative estimate of drug-likeness (QED) is 0.829. The molecule has 0 saturated carbocycles. The van der Waals surface area contributed by atoms with E-state index in [1.54, 1.807) is 18.2 Å². The standard InChI is InChI=1S/C18H19Cl2N3O/c1-12-4-2-5-14(10-12)23-9-8-13(11-23)21-18(24)22-16-7-3-6-15(19)17(16)20/h2-7,10,13H,8-9,11H2,1H3,(H2,21,22,24). The maximum atomic E-state index is 12.2. The highest BCUT2D eigenvalue weighted by Crippen LogP contribution is 2.29. The number of benzene rings is 2. The summed E-state index contributed by atoms with van der Waals surface area (Å²) in [5.74, 6) is 0. The van der Waals surface area contributed by atoms with Crippen LogP contribution in [0, 0.1) is 6.92 Å². The lowest BCUT2D eigenvalue weighted by atomic mass is 10.2. The summed E-state index contributed by atoms with van der Waals surface area (Å²) in [5, 5.41) is 6.52. The van der Waals surface area contributed by atoms with Crippen LogP contribution in [0.1, 0.15) is 12.0 Å². The molecule has 2 N–H and O–H groups in total. The first-order chi connectivity index (χ1) is 11.5. The molecule has 24 heavy (non-hydrogen) atoms. The molecule has 2 aromatic rings. The molecule has 1 fully saturated rings. The fourth-order valence-electron chi connectivity index (χ4n) is 2.88. The first kappa shape index (κ1) is 16.9. The molecule has 1 saturated heterocycles. The maximum Gasteiger partial charge on any atom is 0.319 e. The summed E-state index contributed by atoms with van der Waals surface area (Å²) in [7, 11) is 0. The Bertz CT molecular complexity index is 751. The smallest absolute Gasteiger partial charge is 0.319 e. The lowest BCUT2D eigenvalue weighted by Gasteiger charge is -2.19. The number of hydrogen-bond donors (Lipinski definition) is 2. The van der Waals surface area contributed by atoms with Crippen LogP contribution >= 0.6 is 23.2 Å². The number of carbonyl (C=O) groups is 1. The normalized spacial score (nSPS) is 17.0. The van der Waals surface area contributed by atoms with Crippen LogP contribution in [0.25, 0.3) is 0 Å².